The first-order valence-electron chi connectivity index (χ1n) is 27.7. The molecule has 0 fully saturated rings. The molecule has 87 heavy (non-hydrogen) atoms. The zero-order valence-electron chi connectivity index (χ0n) is 51.1. The smallest absolute Gasteiger partial charge is 1.00 e. The van der Waals surface area contributed by atoms with Gasteiger partial charge in [-0.05, 0) is 214 Å². The van der Waals surface area contributed by atoms with Gasteiger partial charge in [0.25, 0.3) is 6.47 Å². The monoisotopic (exact) mass is 1330 g/mol. The van der Waals surface area contributed by atoms with Crippen molar-refractivity contribution in [3.63, 3.8) is 0 Å². The number of nitrogens with zero attached hydrogens (tertiary/aromatic N) is 3. The molecule has 0 radical (unpaired) electrons. The van der Waals surface area contributed by atoms with Crippen molar-refractivity contribution in [1.82, 2.24) is 14.5 Å². The molecule has 0 aliphatic heterocycles. The standard InChI is InChI=1S/C20H16O.C17H12N2O.C13H10O.C11H16.C7H7Br.C5H4BrN.CH2O3.2K.H/c1-2-6-15(7-3-1)14-21-18-10-11-20-17(13-18)12-16-8-4-5-9-19(16)20;20-12-8-9-14-13-5-1-2-6-15(13)19(16(14)11-12)17-7-3-4-10-18-17;14-11-5-6-13-10(8-11)7-9-3-1-2-4-12(9)13;1-7-6-8(2)10(4)11(5)9(7)3;8-6-7-4-2-1-3-5-7;6-5-3-1-2-4-7-5;2-1-4-3;;;/h1-11,13H,12,14H2;1-11,20H;1-6,8,14H,7H2;6H,1-5H3;1-5H,6H2;1-4H;1,3H;;;/q;;;;;;;2*+1;-1/p-1. The Morgan fingerprint density at radius 2 is 0.989 bits per heavy atom. The molecule has 0 saturated heterocycles. The Bertz CT molecular complexity index is 4100. The van der Waals surface area contributed by atoms with Crippen LogP contribution < -0.4 is 113 Å². The number of fused-ring (bicyclic) bond motifs is 9. The predicted octanol–water partition coefficient (Wildman–Crippen LogP) is 11.9. The third-order valence-corrected chi connectivity index (χ3v) is 15.8. The molecule has 0 atom stereocenters. The fraction of sp³-hybridized carbons (Fsp3) is 0.122. The summed E-state index contributed by atoms with van der Waals surface area (Å²) in [5.74, 6) is 2.42. The topological polar surface area (TPSA) is 130 Å². The Balaban J connectivity index is 0.000000196. The number of carbonyl (C=O) groups excluding carboxylic acids is 1. The number of ether oxygens (including phenoxy) is 1. The van der Waals surface area contributed by atoms with Gasteiger partial charge in [-0.1, -0.05) is 174 Å². The maximum Gasteiger partial charge on any atom is 1.00 e. The van der Waals surface area contributed by atoms with E-state index in [4.69, 9.17) is 14.8 Å². The molecule has 2 N–H and O–H groups in total. The summed E-state index contributed by atoms with van der Waals surface area (Å²) in [5, 5.41) is 30.8. The number of carbonyl (C=O) groups is 1. The van der Waals surface area contributed by atoms with Gasteiger partial charge < -0.3 is 26.5 Å². The molecule has 2 aliphatic carbocycles. The summed E-state index contributed by atoms with van der Waals surface area (Å²) in [6.07, 6.45) is 5.47. The van der Waals surface area contributed by atoms with E-state index in [1.807, 2.05) is 103 Å². The van der Waals surface area contributed by atoms with Gasteiger partial charge in [-0.2, -0.15) is 0 Å². The Kier molecular flexibility index (Phi) is 29.0. The van der Waals surface area contributed by atoms with Gasteiger partial charge >= 0.3 is 103 Å². The summed E-state index contributed by atoms with van der Waals surface area (Å²) in [7, 11) is 0. The number of alkyl halides is 1. The first kappa shape index (κ1) is 70.2. The largest absolute Gasteiger partial charge is 1.00 e. The Labute approximate surface area is 614 Å². The van der Waals surface area contributed by atoms with Gasteiger partial charge in [-0.25, -0.2) is 9.97 Å². The van der Waals surface area contributed by atoms with Crippen LogP contribution in [0.15, 0.2) is 248 Å². The zero-order valence-corrected chi connectivity index (χ0v) is 59.5. The predicted molar refractivity (Wildman–Crippen MR) is 351 cm³/mol. The number of aromatic nitrogens is 3. The van der Waals surface area contributed by atoms with Gasteiger partial charge in [0.15, 0.2) is 0 Å². The summed E-state index contributed by atoms with van der Waals surface area (Å²) < 4.78 is 8.87. The maximum absolute atomic E-state index is 9.79. The second-order valence-electron chi connectivity index (χ2n) is 20.2. The first-order chi connectivity index (χ1) is 41.4. The SMILES string of the molecule is BrCc1ccccc1.Brc1ccccn1.Cc1cc(C)c(C)c(C)c1C.O=CO[O-].Oc1ccc2c(c1)Cc1ccccc1-2.Oc1ccc2c3ccccc3n(-c3ccccn3)c2c1.[H-].[K+].[K+].c1ccc(COc2ccc3c(c2)Cc2ccccc2-3)cc1. The average Bonchev–Trinajstić information content (AvgIpc) is 2.19. The van der Waals surface area contributed by atoms with Crippen LogP contribution in [0.1, 0.15) is 62.6 Å². The van der Waals surface area contributed by atoms with E-state index in [-0.39, 0.29) is 116 Å². The zero-order chi connectivity index (χ0) is 60.1. The molecule has 9 aromatic carbocycles. The van der Waals surface area contributed by atoms with Gasteiger partial charge in [-0.15, -0.1) is 0 Å². The number of pyridine rings is 2. The Hall–Kier alpha value is -5.86. The van der Waals surface area contributed by atoms with Crippen LogP contribution in [-0.2, 0) is 34.5 Å². The molecule has 3 heterocycles. The van der Waals surface area contributed by atoms with Crippen LogP contribution in [0.25, 0.3) is 49.9 Å². The van der Waals surface area contributed by atoms with Crippen molar-refractivity contribution in [2.45, 2.75) is 59.4 Å². The van der Waals surface area contributed by atoms with Crippen LogP contribution in [-0.4, -0.2) is 31.2 Å². The van der Waals surface area contributed by atoms with Gasteiger partial charge in [0, 0.05) is 34.6 Å². The molecule has 0 unspecified atom stereocenters. The number of phenolic OH excluding ortho intramolecular Hbond substituents is 2. The van der Waals surface area contributed by atoms with Crippen molar-refractivity contribution in [2.24, 2.45) is 0 Å². The van der Waals surface area contributed by atoms with Crippen LogP contribution in [0, 0.1) is 34.6 Å². The van der Waals surface area contributed by atoms with Crippen LogP contribution in [0.2, 0.25) is 0 Å². The Morgan fingerprint density at radius 1 is 0.506 bits per heavy atom. The number of aryl methyl sites for hydroxylation is 2. The molecule has 2 aliphatic rings. The molecule has 0 amide bonds. The molecule has 0 bridgehead atoms. The second kappa shape index (κ2) is 36.0. The fourth-order valence-corrected chi connectivity index (χ4v) is 10.7. The van der Waals surface area contributed by atoms with Gasteiger partial charge in [0.1, 0.15) is 34.3 Å². The summed E-state index contributed by atoms with van der Waals surface area (Å²) in [4.78, 5) is 19.6. The first-order valence-corrected chi connectivity index (χ1v) is 29.6. The van der Waals surface area contributed by atoms with Crippen LogP contribution in [0.3, 0.4) is 0 Å². The average molecular weight is 1330 g/mol. The summed E-state index contributed by atoms with van der Waals surface area (Å²) >= 11 is 6.56. The van der Waals surface area contributed by atoms with Crippen LogP contribution in [0.5, 0.6) is 17.2 Å². The van der Waals surface area contributed by atoms with Crippen molar-refractivity contribution >= 4 is 60.1 Å². The number of para-hydroxylation sites is 1. The van der Waals surface area contributed by atoms with E-state index in [1.54, 1.807) is 30.6 Å². The maximum atomic E-state index is 9.79. The Morgan fingerprint density at radius 3 is 1.53 bits per heavy atom. The number of rotatable bonds is 6. The van der Waals surface area contributed by atoms with E-state index in [0.717, 1.165) is 56.1 Å². The number of benzene rings is 9. The minimum absolute atomic E-state index is 0. The fourth-order valence-electron chi connectivity index (χ4n) is 10.1. The summed E-state index contributed by atoms with van der Waals surface area (Å²) in [6.45, 7) is 11.4. The molecule has 9 nitrogen and oxygen atoms in total. The van der Waals surface area contributed by atoms with Crippen LogP contribution in [0.4, 0.5) is 0 Å². The minimum atomic E-state index is -0.181. The van der Waals surface area contributed by atoms with Crippen molar-refractivity contribution in [1.29, 1.82) is 0 Å². The number of halogens is 2. The molecule has 0 spiro atoms. The van der Waals surface area contributed by atoms with Crippen molar-refractivity contribution in [3.05, 3.63) is 309 Å². The molecule has 430 valence electrons. The van der Waals surface area contributed by atoms with E-state index in [9.17, 15) is 10.2 Å². The quantitative estimate of drug-likeness (QED) is 0.0420. The third kappa shape index (κ3) is 19.6. The molecule has 0 saturated carbocycles. The van der Waals surface area contributed by atoms with E-state index in [0.29, 0.717) is 12.4 Å². The molecular weight excluding hydrogens is 1260 g/mol. The van der Waals surface area contributed by atoms with E-state index in [2.05, 4.69) is 195 Å². The molecule has 12 aromatic rings. The van der Waals surface area contributed by atoms with Crippen LogP contribution >= 0.6 is 31.9 Å². The third-order valence-electron chi connectivity index (χ3n) is 14.7. The molecular formula is C74H67Br2K2N3O6. The molecule has 14 rings (SSSR count). The number of hydrogen-bond donors (Lipinski definition) is 2. The van der Waals surface area contributed by atoms with E-state index < -0.39 is 0 Å². The van der Waals surface area contributed by atoms with Gasteiger partial charge in [0.05, 0.1) is 11.0 Å². The van der Waals surface area contributed by atoms with Crippen molar-refractivity contribution in [3.8, 4) is 45.3 Å². The van der Waals surface area contributed by atoms with Crippen molar-refractivity contribution < 1.29 is 134 Å². The van der Waals surface area contributed by atoms with Gasteiger partial charge in [-0.3, -0.25) is 9.36 Å². The number of phenols is 2. The number of aromatic hydroxyl groups is 2. The van der Waals surface area contributed by atoms with E-state index in [1.165, 1.54) is 83.5 Å². The second-order valence-corrected chi connectivity index (χ2v) is 21.6. The normalized spacial score (nSPS) is 10.5. The summed E-state index contributed by atoms with van der Waals surface area (Å²) in [5.41, 5.74) is 22.3. The van der Waals surface area contributed by atoms with E-state index >= 15 is 0 Å². The summed E-state index contributed by atoms with van der Waals surface area (Å²) in [6, 6.07) is 77.1. The van der Waals surface area contributed by atoms with Crippen molar-refractivity contribution in [2.75, 3.05) is 0 Å². The number of hydrogen-bond acceptors (Lipinski definition) is 8. The van der Waals surface area contributed by atoms with Gasteiger partial charge in [0.2, 0.25) is 0 Å². The molecule has 13 heteroatoms. The molecule has 3 aromatic heterocycles. The minimum Gasteiger partial charge on any atom is -1.00 e.